The van der Waals surface area contributed by atoms with Crippen LogP contribution in [0.15, 0.2) is 47.5 Å². The molecule has 15 heavy (non-hydrogen) atoms. The van der Waals surface area contributed by atoms with Gasteiger partial charge in [-0.15, -0.1) is 35.9 Å². The van der Waals surface area contributed by atoms with E-state index in [1.807, 2.05) is 25.2 Å². The summed E-state index contributed by atoms with van der Waals surface area (Å²) in [5.41, 5.74) is 3.45. The maximum absolute atomic E-state index is 4.28. The molecule has 80 valence electrons. The maximum Gasteiger partial charge on any atom is 0.0271 e. The Morgan fingerprint density at radius 3 is 2.87 bits per heavy atom. The predicted octanol–water partition coefficient (Wildman–Crippen LogP) is 2.90. The molecule has 1 aromatic rings. The first-order chi connectivity index (χ1) is 6.92. The molecular weight excluding hydrogens is 365 g/mol. The summed E-state index contributed by atoms with van der Waals surface area (Å²) in [5, 5.41) is 0. The van der Waals surface area contributed by atoms with E-state index in [9.17, 15) is 0 Å². The summed E-state index contributed by atoms with van der Waals surface area (Å²) >= 11 is 0. The van der Waals surface area contributed by atoms with Crippen LogP contribution in [0.25, 0.3) is 5.57 Å². The number of allylic oxidation sites excluding steroid dienone is 4. The Hall–Kier alpha value is -0.942. The number of nitrogens with zero attached hydrogens (tertiary/aromatic N) is 1. The molecule has 2 heteroatoms. The number of benzene rings is 1. The minimum absolute atomic E-state index is 0. The third kappa shape index (κ3) is 2.76. The van der Waals surface area contributed by atoms with Gasteiger partial charge in [0.1, 0.15) is 0 Å². The molecule has 0 spiro atoms. The zero-order chi connectivity index (χ0) is 9.80. The van der Waals surface area contributed by atoms with Gasteiger partial charge in [0.05, 0.1) is 0 Å². The van der Waals surface area contributed by atoms with Crippen molar-refractivity contribution < 1.29 is 21.1 Å². The van der Waals surface area contributed by atoms with Gasteiger partial charge in [-0.2, -0.15) is 0 Å². The Bertz CT molecular complexity index is 402. The molecule has 0 N–H and O–H groups in total. The van der Waals surface area contributed by atoms with E-state index < -0.39 is 0 Å². The van der Waals surface area contributed by atoms with E-state index in [2.05, 4.69) is 35.4 Å². The fraction of sp³-hybridized carbons (Fsp3) is 0.154. The molecule has 0 heterocycles. The van der Waals surface area contributed by atoms with Gasteiger partial charge in [0.25, 0.3) is 0 Å². The SMILES string of the molecule is CN=C1CC=CC=C1c1[c-]cccc1.[Pt]. The predicted molar refractivity (Wildman–Crippen MR) is 60.4 cm³/mol. The third-order valence-electron chi connectivity index (χ3n) is 2.29. The van der Waals surface area contributed by atoms with Crippen molar-refractivity contribution in [1.29, 1.82) is 0 Å². The summed E-state index contributed by atoms with van der Waals surface area (Å²) < 4.78 is 0. The number of hydrogen-bond donors (Lipinski definition) is 0. The van der Waals surface area contributed by atoms with Crippen molar-refractivity contribution in [3.05, 3.63) is 54.1 Å². The van der Waals surface area contributed by atoms with E-state index in [0.717, 1.165) is 17.7 Å². The van der Waals surface area contributed by atoms with Crippen LogP contribution in [-0.2, 0) is 21.1 Å². The standard InChI is InChI=1S/C13H12N.Pt/c1-14-13-10-6-5-9-12(13)11-7-3-2-4-8-11;/h2-7,9H,10H2,1H3;/q-1;. The van der Waals surface area contributed by atoms with Crippen LogP contribution in [0.1, 0.15) is 12.0 Å². The van der Waals surface area contributed by atoms with Gasteiger partial charge in [0, 0.05) is 33.8 Å². The topological polar surface area (TPSA) is 12.4 Å². The van der Waals surface area contributed by atoms with Gasteiger partial charge in [-0.25, -0.2) is 0 Å². The van der Waals surface area contributed by atoms with Crippen molar-refractivity contribution in [2.45, 2.75) is 6.42 Å². The molecule has 0 atom stereocenters. The Labute approximate surface area is 105 Å². The van der Waals surface area contributed by atoms with Gasteiger partial charge >= 0.3 is 0 Å². The monoisotopic (exact) mass is 377 g/mol. The van der Waals surface area contributed by atoms with Crippen LogP contribution in [0.3, 0.4) is 0 Å². The summed E-state index contributed by atoms with van der Waals surface area (Å²) in [6.45, 7) is 0. The first kappa shape index (κ1) is 12.1. The van der Waals surface area contributed by atoms with Gasteiger partial charge in [-0.1, -0.05) is 23.8 Å². The number of hydrogen-bond acceptors (Lipinski definition) is 1. The quantitative estimate of drug-likeness (QED) is 0.668. The van der Waals surface area contributed by atoms with E-state index in [4.69, 9.17) is 0 Å². The van der Waals surface area contributed by atoms with E-state index in [1.165, 1.54) is 5.57 Å². The molecule has 0 radical (unpaired) electrons. The zero-order valence-corrected chi connectivity index (χ0v) is 10.8. The van der Waals surface area contributed by atoms with Crippen LogP contribution >= 0.6 is 0 Å². The minimum Gasteiger partial charge on any atom is -0.302 e. The first-order valence-corrected chi connectivity index (χ1v) is 4.72. The second-order valence-corrected chi connectivity index (χ2v) is 3.16. The van der Waals surface area contributed by atoms with Crippen molar-refractivity contribution in [1.82, 2.24) is 0 Å². The average molecular weight is 377 g/mol. The average Bonchev–Trinajstić information content (AvgIpc) is 2.30. The van der Waals surface area contributed by atoms with Crippen LogP contribution in [0.4, 0.5) is 0 Å². The number of rotatable bonds is 1. The summed E-state index contributed by atoms with van der Waals surface area (Å²) in [6.07, 6.45) is 7.21. The third-order valence-corrected chi connectivity index (χ3v) is 2.29. The fourth-order valence-corrected chi connectivity index (χ4v) is 1.57. The normalized spacial score (nSPS) is 17.1. The molecule has 2 rings (SSSR count). The van der Waals surface area contributed by atoms with E-state index in [1.54, 1.807) is 0 Å². The molecule has 0 amide bonds. The van der Waals surface area contributed by atoms with Crippen molar-refractivity contribution in [3.63, 3.8) is 0 Å². The molecular formula is C13H12NPt-. The van der Waals surface area contributed by atoms with Crippen LogP contribution in [0.5, 0.6) is 0 Å². The van der Waals surface area contributed by atoms with Gasteiger partial charge in [-0.05, 0) is 6.42 Å². The van der Waals surface area contributed by atoms with Gasteiger partial charge < -0.3 is 4.99 Å². The van der Waals surface area contributed by atoms with Gasteiger partial charge in [0.15, 0.2) is 0 Å². The second-order valence-electron chi connectivity index (χ2n) is 3.16. The molecule has 0 saturated carbocycles. The van der Waals surface area contributed by atoms with Crippen molar-refractivity contribution in [2.75, 3.05) is 7.05 Å². The molecule has 1 nitrogen and oxygen atoms in total. The fourth-order valence-electron chi connectivity index (χ4n) is 1.57. The van der Waals surface area contributed by atoms with Crippen LogP contribution in [0, 0.1) is 6.07 Å². The molecule has 0 bridgehead atoms. The molecule has 0 aliphatic heterocycles. The number of aliphatic imine (C=N–C) groups is 1. The molecule has 0 unspecified atom stereocenters. The van der Waals surface area contributed by atoms with Crippen LogP contribution in [0.2, 0.25) is 0 Å². The molecule has 1 aromatic carbocycles. The van der Waals surface area contributed by atoms with E-state index >= 15 is 0 Å². The summed E-state index contributed by atoms with van der Waals surface area (Å²) in [6, 6.07) is 11.2. The molecule has 0 aromatic heterocycles. The molecule has 1 aliphatic carbocycles. The van der Waals surface area contributed by atoms with E-state index in [0.29, 0.717) is 0 Å². The Morgan fingerprint density at radius 1 is 1.33 bits per heavy atom. The summed E-state index contributed by atoms with van der Waals surface area (Å²) in [4.78, 5) is 4.28. The Balaban J connectivity index is 0.00000112. The zero-order valence-electron chi connectivity index (χ0n) is 8.51. The second kappa shape index (κ2) is 5.82. The van der Waals surface area contributed by atoms with Crippen molar-refractivity contribution in [2.24, 2.45) is 4.99 Å². The van der Waals surface area contributed by atoms with Crippen molar-refractivity contribution >= 4 is 11.3 Å². The Morgan fingerprint density at radius 2 is 2.20 bits per heavy atom. The smallest absolute Gasteiger partial charge is 0.0271 e. The van der Waals surface area contributed by atoms with Crippen molar-refractivity contribution in [3.8, 4) is 0 Å². The van der Waals surface area contributed by atoms with Gasteiger partial charge in [0.2, 0.25) is 0 Å². The van der Waals surface area contributed by atoms with Crippen LogP contribution < -0.4 is 0 Å². The minimum atomic E-state index is 0. The first-order valence-electron chi connectivity index (χ1n) is 4.72. The van der Waals surface area contributed by atoms with E-state index in [-0.39, 0.29) is 21.1 Å². The summed E-state index contributed by atoms with van der Waals surface area (Å²) in [7, 11) is 1.84. The Kier molecular flexibility index (Phi) is 4.71. The molecule has 1 aliphatic rings. The van der Waals surface area contributed by atoms with Gasteiger partial charge in [-0.3, -0.25) is 0 Å². The van der Waals surface area contributed by atoms with Crippen LogP contribution in [-0.4, -0.2) is 12.8 Å². The molecule has 0 fully saturated rings. The largest absolute Gasteiger partial charge is 0.302 e. The summed E-state index contributed by atoms with van der Waals surface area (Å²) in [5.74, 6) is 0. The molecule has 0 saturated heterocycles. The maximum atomic E-state index is 4.28.